The molecule has 0 saturated carbocycles. The maximum absolute atomic E-state index is 10.8. The van der Waals surface area contributed by atoms with Crippen LogP contribution in [-0.2, 0) is 0 Å². The Labute approximate surface area is 130 Å². The average Bonchev–Trinajstić information content (AvgIpc) is 2.46. The van der Waals surface area contributed by atoms with Gasteiger partial charge in [-0.2, -0.15) is 0 Å². The van der Waals surface area contributed by atoms with Crippen LogP contribution in [0.4, 0.5) is 0 Å². The highest BCUT2D eigenvalue weighted by molar-refractivity contribution is 4.88. The smallest absolute Gasteiger partial charge is 0.0672 e. The Kier molecular flexibility index (Phi) is 6.06. The van der Waals surface area contributed by atoms with E-state index in [0.717, 1.165) is 64.7 Å². The molecule has 2 aliphatic heterocycles. The van der Waals surface area contributed by atoms with Crippen LogP contribution in [0.15, 0.2) is 0 Å². The summed E-state index contributed by atoms with van der Waals surface area (Å²) in [6, 6.07) is 1.11. The number of hydrogen-bond acceptors (Lipinski definition) is 4. The molecule has 2 aliphatic rings. The highest BCUT2D eigenvalue weighted by Gasteiger charge is 2.33. The van der Waals surface area contributed by atoms with Crippen molar-refractivity contribution >= 4 is 0 Å². The zero-order chi connectivity index (χ0) is 15.5. The second-order valence-corrected chi connectivity index (χ2v) is 7.51. The van der Waals surface area contributed by atoms with Crippen LogP contribution in [0, 0.1) is 0 Å². The van der Waals surface area contributed by atoms with E-state index in [4.69, 9.17) is 0 Å². The molecule has 0 radical (unpaired) electrons. The molecule has 2 fully saturated rings. The predicted octanol–water partition coefficient (Wildman–Crippen LogP) is 1.85. The van der Waals surface area contributed by atoms with E-state index in [0.29, 0.717) is 12.1 Å². The molecule has 1 unspecified atom stereocenters. The topological polar surface area (TPSA) is 46.9 Å². The van der Waals surface area contributed by atoms with Gasteiger partial charge in [0.25, 0.3) is 0 Å². The third-order valence-corrected chi connectivity index (χ3v) is 5.61. The molecule has 21 heavy (non-hydrogen) atoms. The lowest BCUT2D eigenvalue weighted by Crippen LogP contribution is -2.48. The van der Waals surface area contributed by atoms with Gasteiger partial charge in [0.1, 0.15) is 0 Å². The predicted molar refractivity (Wildman–Crippen MR) is 86.4 cm³/mol. The Morgan fingerprint density at radius 1 is 1.00 bits per heavy atom. The molecule has 0 aliphatic carbocycles. The van der Waals surface area contributed by atoms with E-state index in [1.165, 1.54) is 0 Å². The molecule has 4 heteroatoms. The van der Waals surface area contributed by atoms with E-state index in [-0.39, 0.29) is 6.10 Å². The summed E-state index contributed by atoms with van der Waals surface area (Å²) in [5.74, 6) is 0. The van der Waals surface area contributed by atoms with Gasteiger partial charge in [-0.25, -0.2) is 0 Å². The van der Waals surface area contributed by atoms with Gasteiger partial charge < -0.3 is 20.0 Å². The Morgan fingerprint density at radius 2 is 1.57 bits per heavy atom. The van der Waals surface area contributed by atoms with E-state index in [2.05, 4.69) is 30.6 Å². The van der Waals surface area contributed by atoms with Crippen LogP contribution in [0.2, 0.25) is 0 Å². The van der Waals surface area contributed by atoms with Crippen LogP contribution in [0.5, 0.6) is 0 Å². The van der Waals surface area contributed by atoms with Crippen molar-refractivity contribution < 1.29 is 10.2 Å². The first-order valence-corrected chi connectivity index (χ1v) is 8.78. The summed E-state index contributed by atoms with van der Waals surface area (Å²) in [5.41, 5.74) is -0.449. The van der Waals surface area contributed by atoms with Gasteiger partial charge in [0, 0.05) is 38.3 Å². The summed E-state index contributed by atoms with van der Waals surface area (Å²) >= 11 is 0. The van der Waals surface area contributed by atoms with E-state index >= 15 is 0 Å². The largest absolute Gasteiger partial charge is 0.393 e. The third kappa shape index (κ3) is 4.92. The molecule has 2 rings (SSSR count). The number of aliphatic hydroxyl groups is 2. The van der Waals surface area contributed by atoms with Gasteiger partial charge >= 0.3 is 0 Å². The zero-order valence-corrected chi connectivity index (χ0v) is 14.1. The van der Waals surface area contributed by atoms with Gasteiger partial charge in [-0.3, -0.25) is 0 Å². The minimum Gasteiger partial charge on any atom is -0.393 e. The standard InChI is InChI=1S/C17H34N2O2/c1-14(2)18-12-8-17(21,9-13-18)7-4-15(3)19-10-5-16(20)6-11-19/h14-16,20-21H,4-13H2,1-3H3. The van der Waals surface area contributed by atoms with Crippen LogP contribution >= 0.6 is 0 Å². The van der Waals surface area contributed by atoms with Gasteiger partial charge in [0.2, 0.25) is 0 Å². The molecule has 0 amide bonds. The monoisotopic (exact) mass is 298 g/mol. The van der Waals surface area contributed by atoms with Crippen LogP contribution in [0.1, 0.15) is 59.3 Å². The molecule has 2 heterocycles. The Balaban J connectivity index is 1.72. The van der Waals surface area contributed by atoms with Crippen molar-refractivity contribution in [2.75, 3.05) is 26.2 Å². The molecule has 4 nitrogen and oxygen atoms in total. The maximum atomic E-state index is 10.8. The first-order chi connectivity index (χ1) is 9.89. The number of hydrogen-bond donors (Lipinski definition) is 2. The summed E-state index contributed by atoms with van der Waals surface area (Å²) in [7, 11) is 0. The van der Waals surface area contributed by atoms with Crippen molar-refractivity contribution in [3.63, 3.8) is 0 Å². The summed E-state index contributed by atoms with van der Waals surface area (Å²) in [6.07, 6.45) is 5.51. The molecule has 0 aromatic heterocycles. The summed E-state index contributed by atoms with van der Waals surface area (Å²) in [5, 5.41) is 20.4. The van der Waals surface area contributed by atoms with Crippen molar-refractivity contribution in [3.05, 3.63) is 0 Å². The fourth-order valence-corrected chi connectivity index (χ4v) is 3.69. The number of piperidine rings is 2. The average molecular weight is 298 g/mol. The third-order valence-electron chi connectivity index (χ3n) is 5.61. The van der Waals surface area contributed by atoms with E-state index in [1.807, 2.05) is 0 Å². The Morgan fingerprint density at radius 3 is 2.10 bits per heavy atom. The summed E-state index contributed by atoms with van der Waals surface area (Å²) in [4.78, 5) is 4.93. The fourth-order valence-electron chi connectivity index (χ4n) is 3.69. The molecule has 1 atom stereocenters. The zero-order valence-electron chi connectivity index (χ0n) is 14.1. The van der Waals surface area contributed by atoms with Crippen molar-refractivity contribution in [3.8, 4) is 0 Å². The maximum Gasteiger partial charge on any atom is 0.0672 e. The lowest BCUT2D eigenvalue weighted by atomic mass is 9.85. The minimum absolute atomic E-state index is 0.0991. The van der Waals surface area contributed by atoms with Gasteiger partial charge in [-0.15, -0.1) is 0 Å². The molecule has 0 bridgehead atoms. The van der Waals surface area contributed by atoms with Crippen molar-refractivity contribution in [2.24, 2.45) is 0 Å². The normalized spacial score (nSPS) is 27.1. The van der Waals surface area contributed by atoms with E-state index in [1.54, 1.807) is 0 Å². The van der Waals surface area contributed by atoms with Crippen LogP contribution < -0.4 is 0 Å². The quantitative estimate of drug-likeness (QED) is 0.813. The molecular formula is C17H34N2O2. The van der Waals surface area contributed by atoms with E-state index < -0.39 is 5.60 Å². The minimum atomic E-state index is -0.449. The lowest BCUT2D eigenvalue weighted by Gasteiger charge is -2.41. The molecule has 124 valence electrons. The number of aliphatic hydroxyl groups excluding tert-OH is 1. The van der Waals surface area contributed by atoms with Crippen molar-refractivity contribution in [2.45, 2.75) is 83.1 Å². The second-order valence-electron chi connectivity index (χ2n) is 7.51. The molecule has 0 aromatic carbocycles. The number of rotatable bonds is 5. The first-order valence-electron chi connectivity index (χ1n) is 8.78. The highest BCUT2D eigenvalue weighted by atomic mass is 16.3. The highest BCUT2D eigenvalue weighted by Crippen LogP contribution is 2.29. The SMILES string of the molecule is CC(C)N1CCC(O)(CCC(C)N2CCC(O)CC2)CC1. The van der Waals surface area contributed by atoms with Crippen LogP contribution in [0.3, 0.4) is 0 Å². The van der Waals surface area contributed by atoms with Crippen LogP contribution in [-0.4, -0.2) is 70.0 Å². The summed E-state index contributed by atoms with van der Waals surface area (Å²) < 4.78 is 0. The van der Waals surface area contributed by atoms with Crippen LogP contribution in [0.25, 0.3) is 0 Å². The molecule has 0 spiro atoms. The molecular weight excluding hydrogens is 264 g/mol. The molecule has 0 aromatic rings. The molecule has 2 saturated heterocycles. The van der Waals surface area contributed by atoms with Gasteiger partial charge in [0.05, 0.1) is 11.7 Å². The van der Waals surface area contributed by atoms with Gasteiger partial charge in [-0.05, 0) is 59.3 Å². The van der Waals surface area contributed by atoms with Crippen molar-refractivity contribution in [1.29, 1.82) is 0 Å². The Bertz CT molecular complexity index is 306. The molecule has 2 N–H and O–H groups in total. The van der Waals surface area contributed by atoms with Crippen molar-refractivity contribution in [1.82, 2.24) is 9.80 Å². The Hall–Kier alpha value is -0.160. The first kappa shape index (κ1) is 17.2. The van der Waals surface area contributed by atoms with Gasteiger partial charge in [-0.1, -0.05) is 0 Å². The number of likely N-dealkylation sites (tertiary alicyclic amines) is 2. The van der Waals surface area contributed by atoms with Gasteiger partial charge in [0.15, 0.2) is 0 Å². The summed E-state index contributed by atoms with van der Waals surface area (Å²) in [6.45, 7) is 10.8. The van der Waals surface area contributed by atoms with E-state index in [9.17, 15) is 10.2 Å². The second kappa shape index (κ2) is 7.40. The number of nitrogens with zero attached hydrogens (tertiary/aromatic N) is 2. The fraction of sp³-hybridized carbons (Fsp3) is 1.00. The lowest BCUT2D eigenvalue weighted by molar-refractivity contribution is -0.0405.